The number of hydrogen-bond acceptors (Lipinski definition) is 2. The van der Waals surface area contributed by atoms with Crippen LogP contribution in [-0.4, -0.2) is 27.5 Å². The fourth-order valence-corrected chi connectivity index (χ4v) is 4.03. The summed E-state index contributed by atoms with van der Waals surface area (Å²) in [5.74, 6) is -0.222. The van der Waals surface area contributed by atoms with Gasteiger partial charge < -0.3 is 0 Å². The molecule has 0 amide bonds. The molecule has 1 atom stereocenters. The van der Waals surface area contributed by atoms with Gasteiger partial charge in [0.15, 0.2) is 0 Å². The van der Waals surface area contributed by atoms with Crippen LogP contribution < -0.4 is 4.46 Å². The Morgan fingerprint density at radius 2 is 2.11 bits per heavy atom. The average Bonchev–Trinajstić information content (AvgIpc) is 2.40. The predicted molar refractivity (Wildman–Crippen MR) is 80.8 cm³/mol. The Morgan fingerprint density at radius 1 is 1.42 bits per heavy atom. The molecule has 0 aliphatic carbocycles. The van der Waals surface area contributed by atoms with Crippen molar-refractivity contribution in [2.24, 2.45) is 0 Å². The van der Waals surface area contributed by atoms with E-state index in [4.69, 9.17) is 4.74 Å². The van der Waals surface area contributed by atoms with Crippen LogP contribution >= 0.6 is 0 Å². The molecule has 0 aliphatic heterocycles. The van der Waals surface area contributed by atoms with Gasteiger partial charge in [0.25, 0.3) is 0 Å². The number of carbonyl (C=O) groups is 1. The molecule has 1 aromatic rings. The summed E-state index contributed by atoms with van der Waals surface area (Å²) in [6.45, 7) is 7.85. The first-order valence-corrected chi connectivity index (χ1v) is 8.20. The van der Waals surface area contributed by atoms with E-state index in [9.17, 15) is 4.79 Å². The second-order valence-electron chi connectivity index (χ2n) is 4.06. The molecule has 0 saturated carbocycles. The van der Waals surface area contributed by atoms with Crippen molar-refractivity contribution in [1.82, 2.24) is 0 Å². The van der Waals surface area contributed by atoms with Gasteiger partial charge >= 0.3 is 121 Å². The summed E-state index contributed by atoms with van der Waals surface area (Å²) in [6, 6.07) is 10.4. The molecule has 0 fully saturated rings. The normalized spacial score (nSPS) is 12.8. The summed E-state index contributed by atoms with van der Waals surface area (Å²) < 4.78 is 6.34. The van der Waals surface area contributed by atoms with Crippen LogP contribution in [0.3, 0.4) is 0 Å². The zero-order valence-corrected chi connectivity index (χ0v) is 13.2. The van der Waals surface area contributed by atoms with Crippen molar-refractivity contribution >= 4 is 25.4 Å². The third-order valence-electron chi connectivity index (χ3n) is 2.46. The van der Waals surface area contributed by atoms with Crippen LogP contribution in [0.4, 0.5) is 0 Å². The molecule has 1 aromatic carbocycles. The molecule has 0 N–H and O–H groups in total. The number of esters is 1. The van der Waals surface area contributed by atoms with E-state index in [0.717, 1.165) is 6.42 Å². The Bertz CT molecular complexity index is 437. The van der Waals surface area contributed by atoms with E-state index in [-0.39, 0.29) is 5.97 Å². The van der Waals surface area contributed by atoms with Gasteiger partial charge in [-0.25, -0.2) is 0 Å². The second kappa shape index (κ2) is 8.73. The van der Waals surface area contributed by atoms with Gasteiger partial charge in [0.1, 0.15) is 0 Å². The Hall–Kier alpha value is -1.31. The standard InChI is InChI=1S/C16H20O2Se/c1-4-9-15(12-13(3)16(17)18-5-2)19-14-10-7-6-8-11-14/h4,6-8,10-12,15H,1,5,9H2,2-3H3/b13-12-/t15-/m0/s1. The Morgan fingerprint density at radius 3 is 2.68 bits per heavy atom. The third-order valence-corrected chi connectivity index (χ3v) is 4.93. The number of benzene rings is 1. The monoisotopic (exact) mass is 324 g/mol. The van der Waals surface area contributed by atoms with Crippen LogP contribution in [0.25, 0.3) is 0 Å². The first-order chi connectivity index (χ1) is 9.17. The van der Waals surface area contributed by atoms with Crippen LogP contribution in [0.5, 0.6) is 0 Å². The molecule has 0 saturated heterocycles. The average molecular weight is 323 g/mol. The summed E-state index contributed by atoms with van der Waals surface area (Å²) in [7, 11) is 0. The van der Waals surface area contributed by atoms with E-state index >= 15 is 0 Å². The molecule has 0 aliphatic rings. The molecule has 1 rings (SSSR count). The first kappa shape index (κ1) is 15.7. The van der Waals surface area contributed by atoms with Gasteiger partial charge in [0, 0.05) is 0 Å². The fourth-order valence-electron chi connectivity index (χ4n) is 1.58. The molecular weight excluding hydrogens is 303 g/mol. The minimum absolute atomic E-state index is 0.222. The molecule has 0 spiro atoms. The summed E-state index contributed by atoms with van der Waals surface area (Å²) >= 11 is 0.295. The quantitative estimate of drug-likeness (QED) is 0.334. The van der Waals surface area contributed by atoms with Crippen LogP contribution in [0, 0.1) is 0 Å². The zero-order valence-electron chi connectivity index (χ0n) is 11.5. The van der Waals surface area contributed by atoms with Gasteiger partial charge in [0.2, 0.25) is 0 Å². The number of rotatable bonds is 7. The van der Waals surface area contributed by atoms with Crippen molar-refractivity contribution in [2.45, 2.75) is 25.1 Å². The van der Waals surface area contributed by atoms with Crippen molar-refractivity contribution in [3.05, 3.63) is 54.6 Å². The van der Waals surface area contributed by atoms with Gasteiger partial charge in [-0.15, -0.1) is 0 Å². The Kier molecular flexibility index (Phi) is 7.24. The van der Waals surface area contributed by atoms with Crippen LogP contribution in [0.1, 0.15) is 20.3 Å². The number of hydrogen-bond donors (Lipinski definition) is 0. The summed E-state index contributed by atoms with van der Waals surface area (Å²) in [5, 5.41) is 0. The van der Waals surface area contributed by atoms with Crippen LogP contribution in [-0.2, 0) is 9.53 Å². The maximum absolute atomic E-state index is 11.6. The molecule has 0 heterocycles. The fraction of sp³-hybridized carbons (Fsp3) is 0.312. The predicted octanol–water partition coefficient (Wildman–Crippen LogP) is 2.89. The second-order valence-corrected chi connectivity index (χ2v) is 6.82. The molecule has 19 heavy (non-hydrogen) atoms. The number of carbonyl (C=O) groups excluding carboxylic acids is 1. The van der Waals surface area contributed by atoms with E-state index in [1.54, 1.807) is 0 Å². The number of ether oxygens (including phenoxy) is 1. The first-order valence-electron chi connectivity index (χ1n) is 6.35. The third kappa shape index (κ3) is 5.91. The van der Waals surface area contributed by atoms with Crippen LogP contribution in [0.2, 0.25) is 4.82 Å². The summed E-state index contributed by atoms with van der Waals surface area (Å²) in [5.41, 5.74) is 0.687. The SMILES string of the molecule is C=CC[C@@H](/C=C(/C)C(=O)OCC)[Se]c1ccccc1. The Balaban J connectivity index is 2.74. The molecule has 102 valence electrons. The van der Waals surface area contributed by atoms with Crippen molar-refractivity contribution in [1.29, 1.82) is 0 Å². The van der Waals surface area contributed by atoms with Crippen molar-refractivity contribution in [3.63, 3.8) is 0 Å². The molecule has 2 nitrogen and oxygen atoms in total. The van der Waals surface area contributed by atoms with E-state index in [2.05, 4.69) is 18.7 Å². The van der Waals surface area contributed by atoms with Gasteiger partial charge in [-0.3, -0.25) is 0 Å². The van der Waals surface area contributed by atoms with Crippen molar-refractivity contribution < 1.29 is 9.53 Å². The molecular formula is C16H20O2Se. The van der Waals surface area contributed by atoms with Gasteiger partial charge in [-0.1, -0.05) is 0 Å². The van der Waals surface area contributed by atoms with Gasteiger partial charge in [0.05, 0.1) is 0 Å². The molecule has 0 unspecified atom stereocenters. The topological polar surface area (TPSA) is 26.3 Å². The van der Waals surface area contributed by atoms with Gasteiger partial charge in [-0.2, -0.15) is 0 Å². The maximum atomic E-state index is 11.6. The molecule has 0 aromatic heterocycles. The zero-order chi connectivity index (χ0) is 14.1. The molecule has 0 bridgehead atoms. The summed E-state index contributed by atoms with van der Waals surface area (Å²) in [6.07, 6.45) is 4.81. The van der Waals surface area contributed by atoms with Crippen LogP contribution in [0.15, 0.2) is 54.6 Å². The van der Waals surface area contributed by atoms with Crippen molar-refractivity contribution in [2.75, 3.05) is 6.61 Å². The molecule has 0 radical (unpaired) electrons. The minimum atomic E-state index is -0.222. The van der Waals surface area contributed by atoms with E-state index < -0.39 is 0 Å². The summed E-state index contributed by atoms with van der Waals surface area (Å²) in [4.78, 5) is 12.0. The molecule has 3 heteroatoms. The van der Waals surface area contributed by atoms with E-state index in [1.165, 1.54) is 4.46 Å². The Labute approximate surface area is 121 Å². The van der Waals surface area contributed by atoms with Crippen molar-refractivity contribution in [3.8, 4) is 0 Å². The number of allylic oxidation sites excluding steroid dienone is 2. The van der Waals surface area contributed by atoms with Gasteiger partial charge in [-0.05, 0) is 0 Å². The van der Waals surface area contributed by atoms with E-state index in [0.29, 0.717) is 32.0 Å². The van der Waals surface area contributed by atoms with E-state index in [1.807, 2.05) is 44.2 Å².